The van der Waals surface area contributed by atoms with Crippen LogP contribution >= 0.6 is 0 Å². The highest BCUT2D eigenvalue weighted by Crippen LogP contribution is 2.63. The largest absolute Gasteiger partial charge is 0.445 e. The number of carbonyl (C=O) groups is 2. The van der Waals surface area contributed by atoms with Gasteiger partial charge in [-0.15, -0.1) is 0 Å². The Morgan fingerprint density at radius 2 is 1.86 bits per heavy atom. The lowest BCUT2D eigenvalue weighted by Crippen LogP contribution is -2.77. The predicted molar refractivity (Wildman–Crippen MR) is 103 cm³/mol. The topological polar surface area (TPSA) is 97.3 Å². The van der Waals surface area contributed by atoms with Crippen molar-refractivity contribution in [1.29, 1.82) is 0 Å². The number of likely N-dealkylation sites (tertiary alicyclic amines) is 1. The van der Waals surface area contributed by atoms with Crippen LogP contribution in [-0.2, 0) is 20.8 Å². The predicted octanol–water partition coefficient (Wildman–Crippen LogP) is 2.20. The molecule has 1 saturated carbocycles. The van der Waals surface area contributed by atoms with Gasteiger partial charge in [-0.25, -0.2) is 9.59 Å². The first-order chi connectivity index (χ1) is 13.6. The molecule has 2 amide bonds. The Labute approximate surface area is 170 Å². The van der Waals surface area contributed by atoms with E-state index in [-0.39, 0.29) is 13.2 Å². The second-order valence-electron chi connectivity index (χ2n) is 9.40. The van der Waals surface area contributed by atoms with Gasteiger partial charge < -0.3 is 29.5 Å². The van der Waals surface area contributed by atoms with Crippen molar-refractivity contribution in [3.8, 4) is 0 Å². The van der Waals surface area contributed by atoms with Crippen LogP contribution in [-0.4, -0.2) is 64.2 Å². The fraction of sp³-hybridized carbons (Fsp3) is 0.619. The molecule has 1 spiro atoms. The molecule has 4 fully saturated rings. The number of carbonyl (C=O) groups excluding carboxylic acids is 2. The van der Waals surface area contributed by atoms with Gasteiger partial charge >= 0.3 is 12.2 Å². The zero-order valence-corrected chi connectivity index (χ0v) is 17.1. The van der Waals surface area contributed by atoms with Crippen molar-refractivity contribution in [2.45, 2.75) is 62.6 Å². The van der Waals surface area contributed by atoms with E-state index in [0.29, 0.717) is 25.9 Å². The van der Waals surface area contributed by atoms with Crippen LogP contribution in [0.5, 0.6) is 0 Å². The van der Waals surface area contributed by atoms with Gasteiger partial charge in [0.05, 0.1) is 30.8 Å². The number of alkyl carbamates (subject to hydrolysis) is 1. The van der Waals surface area contributed by atoms with E-state index in [2.05, 4.69) is 5.32 Å². The Morgan fingerprint density at radius 3 is 2.45 bits per heavy atom. The van der Waals surface area contributed by atoms with Crippen LogP contribution in [0.15, 0.2) is 30.3 Å². The molecule has 0 aromatic heterocycles. The van der Waals surface area contributed by atoms with Crippen molar-refractivity contribution in [2.75, 3.05) is 19.7 Å². The minimum atomic E-state index is -0.724. The maximum atomic E-state index is 12.5. The van der Waals surface area contributed by atoms with Crippen LogP contribution < -0.4 is 5.32 Å². The first-order valence-electron chi connectivity index (χ1n) is 9.88. The number of hydrogen-bond acceptors (Lipinski definition) is 6. The number of rotatable bonds is 4. The van der Waals surface area contributed by atoms with Crippen molar-refractivity contribution in [1.82, 2.24) is 10.2 Å². The van der Waals surface area contributed by atoms with Crippen LogP contribution in [0.1, 0.15) is 39.2 Å². The summed E-state index contributed by atoms with van der Waals surface area (Å²) in [6, 6.07) is 9.44. The zero-order chi connectivity index (χ0) is 20.9. The highest BCUT2D eigenvalue weighted by Gasteiger charge is 2.79. The summed E-state index contributed by atoms with van der Waals surface area (Å²) in [7, 11) is 0. The molecule has 3 heterocycles. The molecule has 0 unspecified atom stereocenters. The first kappa shape index (κ1) is 20.0. The molecule has 0 radical (unpaired) electrons. The van der Waals surface area contributed by atoms with E-state index in [1.165, 1.54) is 0 Å². The molecular weight excluding hydrogens is 376 g/mol. The molecule has 0 atom stereocenters. The van der Waals surface area contributed by atoms with E-state index in [1.54, 1.807) is 4.90 Å². The van der Waals surface area contributed by atoms with E-state index < -0.39 is 34.5 Å². The van der Waals surface area contributed by atoms with Gasteiger partial charge in [0.25, 0.3) is 0 Å². The van der Waals surface area contributed by atoms with Gasteiger partial charge in [0, 0.05) is 12.8 Å². The third-order valence-electron chi connectivity index (χ3n) is 5.92. The lowest BCUT2D eigenvalue weighted by molar-refractivity contribution is -0.152. The van der Waals surface area contributed by atoms with E-state index in [4.69, 9.17) is 14.2 Å². The summed E-state index contributed by atoms with van der Waals surface area (Å²) in [5, 5.41) is 12.7. The van der Waals surface area contributed by atoms with E-state index in [0.717, 1.165) is 5.56 Å². The standard InChI is InChI=1S/C21H28N2O6/c1-18(2,3)28-17(26)23-12-21(13-23)20(10-19(11-20,14-24)29-21)22-16(25)27-9-15-7-5-4-6-8-15/h4-8,24H,9-14H2,1-3H3,(H,22,25). The van der Waals surface area contributed by atoms with E-state index in [9.17, 15) is 14.7 Å². The second-order valence-corrected chi connectivity index (χ2v) is 9.40. The van der Waals surface area contributed by atoms with Gasteiger partial charge in [-0.1, -0.05) is 30.3 Å². The molecule has 1 aromatic rings. The molecule has 3 saturated heterocycles. The number of aliphatic hydroxyl groups is 1. The molecule has 8 nitrogen and oxygen atoms in total. The lowest BCUT2D eigenvalue weighted by Gasteiger charge is -2.54. The van der Waals surface area contributed by atoms with E-state index >= 15 is 0 Å². The lowest BCUT2D eigenvalue weighted by atomic mass is 9.60. The molecule has 29 heavy (non-hydrogen) atoms. The van der Waals surface area contributed by atoms with Crippen LogP contribution in [0.4, 0.5) is 9.59 Å². The number of nitrogens with zero attached hydrogens (tertiary/aromatic N) is 1. The molecule has 2 bridgehead atoms. The highest BCUT2D eigenvalue weighted by molar-refractivity contribution is 5.72. The molecule has 3 aliphatic heterocycles. The normalized spacial score (nSPS) is 29.0. The number of aliphatic hydroxyl groups excluding tert-OH is 1. The summed E-state index contributed by atoms with van der Waals surface area (Å²) in [4.78, 5) is 26.4. The Kier molecular flexibility index (Phi) is 4.55. The number of benzene rings is 1. The number of nitrogens with one attached hydrogen (secondary N) is 1. The van der Waals surface area contributed by atoms with Gasteiger partial charge in [-0.05, 0) is 26.3 Å². The zero-order valence-electron chi connectivity index (χ0n) is 17.1. The Morgan fingerprint density at radius 1 is 1.21 bits per heavy atom. The second kappa shape index (κ2) is 6.60. The van der Waals surface area contributed by atoms with Crippen molar-refractivity contribution < 1.29 is 28.9 Å². The summed E-state index contributed by atoms with van der Waals surface area (Å²) in [6.45, 7) is 6.11. The number of hydrogen-bond donors (Lipinski definition) is 2. The molecular formula is C21H28N2O6. The van der Waals surface area contributed by atoms with Crippen LogP contribution in [0.2, 0.25) is 0 Å². The SMILES string of the molecule is CC(C)(C)OC(=O)N1CC2(C1)OC1(CO)CC2(NC(=O)OCc2ccccc2)C1. The average molecular weight is 404 g/mol. The molecule has 5 rings (SSSR count). The molecule has 2 N–H and O–H groups in total. The minimum absolute atomic E-state index is 0.121. The smallest absolute Gasteiger partial charge is 0.410 e. The molecule has 1 aliphatic carbocycles. The summed E-state index contributed by atoms with van der Waals surface area (Å²) in [6.07, 6.45) is 0.0646. The maximum absolute atomic E-state index is 12.5. The molecule has 1 aromatic carbocycles. The fourth-order valence-corrected chi connectivity index (χ4v) is 4.65. The van der Waals surface area contributed by atoms with Crippen molar-refractivity contribution >= 4 is 12.2 Å². The van der Waals surface area contributed by atoms with Crippen molar-refractivity contribution in [3.63, 3.8) is 0 Å². The van der Waals surface area contributed by atoms with Crippen LogP contribution in [0, 0.1) is 0 Å². The number of ether oxygens (including phenoxy) is 3. The quantitative estimate of drug-likeness (QED) is 0.799. The van der Waals surface area contributed by atoms with Gasteiger partial charge in [0.2, 0.25) is 0 Å². The summed E-state index contributed by atoms with van der Waals surface area (Å²) >= 11 is 0. The monoisotopic (exact) mass is 404 g/mol. The Bertz CT molecular complexity index is 791. The molecule has 158 valence electrons. The van der Waals surface area contributed by atoms with Crippen LogP contribution in [0.25, 0.3) is 0 Å². The summed E-state index contributed by atoms with van der Waals surface area (Å²) in [5.74, 6) is 0. The van der Waals surface area contributed by atoms with Crippen molar-refractivity contribution in [2.24, 2.45) is 0 Å². The van der Waals surface area contributed by atoms with Gasteiger partial charge in [-0.2, -0.15) is 0 Å². The first-order valence-corrected chi connectivity index (χ1v) is 9.88. The maximum Gasteiger partial charge on any atom is 0.410 e. The Balaban J connectivity index is 1.39. The minimum Gasteiger partial charge on any atom is -0.445 e. The number of amides is 2. The molecule has 4 aliphatic rings. The van der Waals surface area contributed by atoms with Crippen molar-refractivity contribution in [3.05, 3.63) is 35.9 Å². The van der Waals surface area contributed by atoms with E-state index in [1.807, 2.05) is 51.1 Å². The van der Waals surface area contributed by atoms with Gasteiger partial charge in [-0.3, -0.25) is 0 Å². The van der Waals surface area contributed by atoms with Crippen LogP contribution in [0.3, 0.4) is 0 Å². The van der Waals surface area contributed by atoms with Gasteiger partial charge in [0.15, 0.2) is 0 Å². The fourth-order valence-electron chi connectivity index (χ4n) is 4.65. The highest BCUT2D eigenvalue weighted by atomic mass is 16.6. The third-order valence-corrected chi connectivity index (χ3v) is 5.92. The summed E-state index contributed by atoms with van der Waals surface area (Å²) in [5.41, 5.74) is -1.72. The third kappa shape index (κ3) is 3.44. The van der Waals surface area contributed by atoms with Gasteiger partial charge in [0.1, 0.15) is 17.8 Å². The average Bonchev–Trinajstić information content (AvgIpc) is 3.04. The summed E-state index contributed by atoms with van der Waals surface area (Å²) < 4.78 is 17.0. The Hall–Kier alpha value is -2.32. The molecule has 8 heteroatoms.